The summed E-state index contributed by atoms with van der Waals surface area (Å²) in [6.07, 6.45) is 8.52. The van der Waals surface area contributed by atoms with E-state index in [1.54, 1.807) is 17.9 Å². The highest BCUT2D eigenvalue weighted by molar-refractivity contribution is 5.80. The van der Waals surface area contributed by atoms with Crippen LogP contribution in [0.15, 0.2) is 41.8 Å². The molecule has 0 atom stereocenters. The Morgan fingerprint density at radius 2 is 2.07 bits per heavy atom. The summed E-state index contributed by atoms with van der Waals surface area (Å²) in [5.74, 6) is 0.337. The summed E-state index contributed by atoms with van der Waals surface area (Å²) >= 11 is 0. The molecule has 148 valence electrons. The quantitative estimate of drug-likeness (QED) is 0.569. The van der Waals surface area contributed by atoms with Gasteiger partial charge >= 0.3 is 0 Å². The van der Waals surface area contributed by atoms with Crippen LogP contribution in [0.2, 0.25) is 0 Å². The number of fused-ring (bicyclic) bond motifs is 2. The number of carbonyl (C=O) groups is 1. The van der Waals surface area contributed by atoms with Crippen LogP contribution in [0, 0.1) is 0 Å². The number of nitrogens with one attached hydrogen (secondary N) is 1. The van der Waals surface area contributed by atoms with Crippen molar-refractivity contribution >= 4 is 28.0 Å². The highest BCUT2D eigenvalue weighted by Crippen LogP contribution is 2.32. The van der Waals surface area contributed by atoms with E-state index in [4.69, 9.17) is 0 Å². The van der Waals surface area contributed by atoms with E-state index in [-0.39, 0.29) is 18.0 Å². The first-order valence-electron chi connectivity index (χ1n) is 9.69. The van der Waals surface area contributed by atoms with Crippen molar-refractivity contribution in [2.24, 2.45) is 7.05 Å². The number of H-pyrrole nitrogens is 1. The van der Waals surface area contributed by atoms with Crippen molar-refractivity contribution < 1.29 is 4.79 Å². The third kappa shape index (κ3) is 2.98. The fourth-order valence-corrected chi connectivity index (χ4v) is 4.18. The van der Waals surface area contributed by atoms with E-state index in [1.807, 2.05) is 17.2 Å². The number of hydrogen-bond acceptors (Lipinski definition) is 5. The van der Waals surface area contributed by atoms with Gasteiger partial charge in [0.1, 0.15) is 23.9 Å². The van der Waals surface area contributed by atoms with Crippen LogP contribution < -0.4 is 5.56 Å². The van der Waals surface area contributed by atoms with Gasteiger partial charge in [-0.05, 0) is 36.5 Å². The van der Waals surface area contributed by atoms with Crippen LogP contribution in [0.1, 0.15) is 24.3 Å². The van der Waals surface area contributed by atoms with Crippen molar-refractivity contribution in [1.82, 2.24) is 34.2 Å². The fourth-order valence-electron chi connectivity index (χ4n) is 4.18. The molecule has 0 aromatic carbocycles. The summed E-state index contributed by atoms with van der Waals surface area (Å²) in [6, 6.07) is 4.03. The van der Waals surface area contributed by atoms with E-state index in [0.717, 1.165) is 23.9 Å². The molecule has 29 heavy (non-hydrogen) atoms. The molecule has 1 aliphatic heterocycles. The molecule has 4 aromatic heterocycles. The second kappa shape index (κ2) is 6.84. The molecule has 0 radical (unpaired) electrons. The van der Waals surface area contributed by atoms with Crippen molar-refractivity contribution in [1.29, 1.82) is 0 Å². The first-order valence-corrected chi connectivity index (χ1v) is 9.69. The minimum absolute atomic E-state index is 0.00165. The molecule has 9 heteroatoms. The van der Waals surface area contributed by atoms with Crippen molar-refractivity contribution in [2.45, 2.75) is 25.3 Å². The predicted molar refractivity (Wildman–Crippen MR) is 107 cm³/mol. The van der Waals surface area contributed by atoms with Gasteiger partial charge in [0.05, 0.1) is 6.20 Å². The number of nitrogens with zero attached hydrogens (tertiary/aromatic N) is 6. The topological polar surface area (TPSA) is 102 Å². The number of aromatic amines is 1. The SMILES string of the molecule is Cn1ncc2c(=O)n(CC(=O)N3CCC(c4c[nH]c5ncccc45)CC3)cnc21. The summed E-state index contributed by atoms with van der Waals surface area (Å²) in [5.41, 5.74) is 2.45. The molecule has 0 saturated carbocycles. The number of amides is 1. The van der Waals surface area contributed by atoms with Gasteiger partial charge in [0.25, 0.3) is 5.56 Å². The Morgan fingerprint density at radius 3 is 2.90 bits per heavy atom. The van der Waals surface area contributed by atoms with E-state index in [0.29, 0.717) is 30.0 Å². The highest BCUT2D eigenvalue weighted by Gasteiger charge is 2.26. The van der Waals surface area contributed by atoms with E-state index < -0.39 is 0 Å². The van der Waals surface area contributed by atoms with E-state index in [1.165, 1.54) is 22.7 Å². The van der Waals surface area contributed by atoms with E-state index in [2.05, 4.69) is 26.1 Å². The first-order chi connectivity index (χ1) is 14.1. The zero-order valence-corrected chi connectivity index (χ0v) is 16.1. The highest BCUT2D eigenvalue weighted by atomic mass is 16.2. The lowest BCUT2D eigenvalue weighted by molar-refractivity contribution is -0.132. The molecule has 0 bridgehead atoms. The number of piperidine rings is 1. The van der Waals surface area contributed by atoms with Gasteiger partial charge in [0, 0.05) is 37.9 Å². The second-order valence-corrected chi connectivity index (χ2v) is 7.48. The number of pyridine rings is 1. The summed E-state index contributed by atoms with van der Waals surface area (Å²) < 4.78 is 2.91. The number of rotatable bonds is 3. The Hall–Kier alpha value is -3.49. The van der Waals surface area contributed by atoms with Crippen LogP contribution in [0.4, 0.5) is 0 Å². The lowest BCUT2D eigenvalue weighted by Gasteiger charge is -2.32. The first kappa shape index (κ1) is 17.6. The van der Waals surface area contributed by atoms with E-state index >= 15 is 0 Å². The predicted octanol–water partition coefficient (Wildman–Crippen LogP) is 1.41. The van der Waals surface area contributed by atoms with Crippen molar-refractivity contribution in [3.05, 3.63) is 53.0 Å². The number of aromatic nitrogens is 6. The van der Waals surface area contributed by atoms with Crippen LogP contribution in [-0.4, -0.2) is 53.2 Å². The number of hydrogen-bond donors (Lipinski definition) is 1. The Bertz CT molecular complexity index is 1260. The van der Waals surface area contributed by atoms with Crippen molar-refractivity contribution in [3.63, 3.8) is 0 Å². The maximum atomic E-state index is 12.8. The maximum absolute atomic E-state index is 12.8. The van der Waals surface area contributed by atoms with Crippen LogP contribution in [-0.2, 0) is 18.4 Å². The molecule has 4 aromatic rings. The molecular formula is C20H21N7O2. The van der Waals surface area contributed by atoms with Crippen molar-refractivity contribution in [2.75, 3.05) is 13.1 Å². The maximum Gasteiger partial charge on any atom is 0.264 e. The molecule has 9 nitrogen and oxygen atoms in total. The third-order valence-electron chi connectivity index (χ3n) is 5.79. The van der Waals surface area contributed by atoms with Gasteiger partial charge in [0.2, 0.25) is 5.91 Å². The Labute approximate surface area is 166 Å². The van der Waals surface area contributed by atoms with Crippen molar-refractivity contribution in [3.8, 4) is 0 Å². The minimum atomic E-state index is -0.238. The van der Waals surface area contributed by atoms with Gasteiger partial charge in [-0.15, -0.1) is 0 Å². The minimum Gasteiger partial charge on any atom is -0.346 e. The molecule has 0 spiro atoms. The molecule has 0 aliphatic carbocycles. The van der Waals surface area contributed by atoms with Gasteiger partial charge in [0.15, 0.2) is 5.65 Å². The van der Waals surface area contributed by atoms with Gasteiger partial charge in [-0.2, -0.15) is 5.10 Å². The Kier molecular flexibility index (Phi) is 4.15. The number of carbonyl (C=O) groups excluding carboxylic acids is 1. The van der Waals surface area contributed by atoms with Crippen LogP contribution in [0.25, 0.3) is 22.1 Å². The standard InChI is InChI=1S/C20H21N7O2/c1-25-19-16(10-24-25)20(29)27(12-23-19)11-17(28)26-7-4-13(5-8-26)15-9-22-18-14(15)3-2-6-21-18/h2-3,6,9-10,12-13H,4-5,7-8,11H2,1H3,(H,21,22). The number of likely N-dealkylation sites (tertiary alicyclic amines) is 1. The largest absolute Gasteiger partial charge is 0.346 e. The van der Waals surface area contributed by atoms with Gasteiger partial charge in [-0.3, -0.25) is 18.8 Å². The van der Waals surface area contributed by atoms with Gasteiger partial charge in [-0.1, -0.05) is 0 Å². The lowest BCUT2D eigenvalue weighted by Crippen LogP contribution is -2.41. The summed E-state index contributed by atoms with van der Waals surface area (Å²) in [4.78, 5) is 39.0. The summed E-state index contributed by atoms with van der Waals surface area (Å²) in [6.45, 7) is 1.35. The zero-order chi connectivity index (χ0) is 20.0. The molecule has 5 rings (SSSR count). The molecule has 1 fully saturated rings. The second-order valence-electron chi connectivity index (χ2n) is 7.48. The average Bonchev–Trinajstić information content (AvgIpc) is 3.34. The molecule has 0 unspecified atom stereocenters. The van der Waals surface area contributed by atoms with E-state index in [9.17, 15) is 9.59 Å². The Balaban J connectivity index is 1.28. The van der Waals surface area contributed by atoms with Crippen LogP contribution >= 0.6 is 0 Å². The zero-order valence-electron chi connectivity index (χ0n) is 16.1. The van der Waals surface area contributed by atoms with Crippen LogP contribution in [0.3, 0.4) is 0 Å². The molecule has 1 amide bonds. The number of aryl methyl sites for hydroxylation is 1. The fraction of sp³-hybridized carbons (Fsp3) is 0.350. The molecule has 1 N–H and O–H groups in total. The molecule has 1 aliphatic rings. The average molecular weight is 391 g/mol. The van der Waals surface area contributed by atoms with Crippen LogP contribution in [0.5, 0.6) is 0 Å². The molecule has 1 saturated heterocycles. The lowest BCUT2D eigenvalue weighted by atomic mass is 9.89. The molecule has 5 heterocycles. The monoisotopic (exact) mass is 391 g/mol. The van der Waals surface area contributed by atoms with Gasteiger partial charge in [-0.25, -0.2) is 9.97 Å². The summed E-state index contributed by atoms with van der Waals surface area (Å²) in [5, 5.41) is 5.64. The Morgan fingerprint density at radius 1 is 1.24 bits per heavy atom. The van der Waals surface area contributed by atoms with Gasteiger partial charge < -0.3 is 9.88 Å². The smallest absolute Gasteiger partial charge is 0.264 e. The molecular weight excluding hydrogens is 370 g/mol. The summed E-state index contributed by atoms with van der Waals surface area (Å²) in [7, 11) is 1.73. The normalized spacial score (nSPS) is 15.4. The third-order valence-corrected chi connectivity index (χ3v) is 5.79.